The molecule has 2 amide bonds. The summed E-state index contributed by atoms with van der Waals surface area (Å²) < 4.78 is 30.1. The summed E-state index contributed by atoms with van der Waals surface area (Å²) in [5.41, 5.74) is 2.35. The molecule has 1 aliphatic rings. The van der Waals surface area contributed by atoms with E-state index in [1.807, 2.05) is 48.5 Å². The molecule has 0 N–H and O–H groups in total. The van der Waals surface area contributed by atoms with Crippen molar-refractivity contribution in [3.8, 4) is 11.5 Å². The van der Waals surface area contributed by atoms with Gasteiger partial charge in [0.15, 0.2) is 0 Å². The van der Waals surface area contributed by atoms with E-state index < -0.39 is 23.7 Å². The number of hydrogen-bond donors (Lipinski definition) is 0. The van der Waals surface area contributed by atoms with Gasteiger partial charge in [-0.05, 0) is 59.7 Å². The second kappa shape index (κ2) is 12.3. The largest absolute Gasteiger partial charge is 0.497 e. The Labute approximate surface area is 221 Å². The van der Waals surface area contributed by atoms with Gasteiger partial charge in [-0.2, -0.15) is 5.10 Å². The molecule has 38 heavy (non-hydrogen) atoms. The van der Waals surface area contributed by atoms with Gasteiger partial charge in [0.1, 0.15) is 23.9 Å². The third-order valence-corrected chi connectivity index (χ3v) is 6.37. The molecule has 3 aromatic carbocycles. The van der Waals surface area contributed by atoms with Crippen LogP contribution in [-0.4, -0.2) is 68.5 Å². The monoisotopic (exact) mass is 519 g/mol. The Bertz CT molecular complexity index is 1290. The van der Waals surface area contributed by atoms with Crippen LogP contribution in [0.25, 0.3) is 0 Å². The maximum atomic E-state index is 14.4. The first-order chi connectivity index (χ1) is 18.4. The van der Waals surface area contributed by atoms with Crippen molar-refractivity contribution in [2.24, 2.45) is 5.10 Å². The van der Waals surface area contributed by atoms with E-state index >= 15 is 0 Å². The number of amides is 2. The van der Waals surface area contributed by atoms with E-state index in [2.05, 4.69) is 5.10 Å². The van der Waals surface area contributed by atoms with Gasteiger partial charge in [-0.1, -0.05) is 24.3 Å². The predicted octanol–water partition coefficient (Wildman–Crippen LogP) is 4.31. The van der Waals surface area contributed by atoms with Gasteiger partial charge in [0.25, 0.3) is 11.8 Å². The van der Waals surface area contributed by atoms with Gasteiger partial charge in [-0.3, -0.25) is 9.59 Å². The zero-order chi connectivity index (χ0) is 27.1. The number of ether oxygens (including phenoxy) is 3. The van der Waals surface area contributed by atoms with E-state index in [0.29, 0.717) is 17.9 Å². The van der Waals surface area contributed by atoms with Gasteiger partial charge >= 0.3 is 0 Å². The smallest absolute Gasteiger partial charge is 0.262 e. The molecule has 0 unspecified atom stereocenters. The minimum atomic E-state index is -0.649. The number of benzene rings is 3. The first kappa shape index (κ1) is 26.8. The lowest BCUT2D eigenvalue weighted by Gasteiger charge is -2.27. The molecule has 1 heterocycles. The number of halogens is 1. The third kappa shape index (κ3) is 6.00. The number of hydrazone groups is 1. The van der Waals surface area contributed by atoms with Crippen molar-refractivity contribution >= 4 is 17.5 Å². The van der Waals surface area contributed by atoms with E-state index in [0.717, 1.165) is 16.8 Å². The molecular weight excluding hydrogens is 489 g/mol. The minimum absolute atomic E-state index is 0.105. The molecule has 0 saturated carbocycles. The van der Waals surface area contributed by atoms with E-state index in [1.165, 1.54) is 35.2 Å². The highest BCUT2D eigenvalue weighted by Gasteiger charge is 2.34. The fourth-order valence-corrected chi connectivity index (χ4v) is 4.28. The zero-order valence-electron chi connectivity index (χ0n) is 21.6. The van der Waals surface area contributed by atoms with Crippen molar-refractivity contribution in [2.75, 3.05) is 41.0 Å². The van der Waals surface area contributed by atoms with Crippen LogP contribution in [0.3, 0.4) is 0 Å². The second-order valence-corrected chi connectivity index (χ2v) is 8.71. The highest BCUT2D eigenvalue weighted by molar-refractivity contribution is 6.04. The highest BCUT2D eigenvalue weighted by atomic mass is 19.1. The second-order valence-electron chi connectivity index (χ2n) is 8.71. The normalized spacial score (nSPS) is 14.7. The van der Waals surface area contributed by atoms with Gasteiger partial charge in [0.2, 0.25) is 0 Å². The number of hydrogen-bond acceptors (Lipinski definition) is 6. The number of carbonyl (C=O) groups is 2. The molecular formula is C29H30FN3O5. The average molecular weight is 520 g/mol. The summed E-state index contributed by atoms with van der Waals surface area (Å²) >= 11 is 0. The summed E-state index contributed by atoms with van der Waals surface area (Å²) in [6, 6.07) is 20.2. The van der Waals surface area contributed by atoms with Crippen molar-refractivity contribution in [1.29, 1.82) is 0 Å². The highest BCUT2D eigenvalue weighted by Crippen LogP contribution is 2.34. The molecule has 0 fully saturated rings. The molecule has 0 bridgehead atoms. The van der Waals surface area contributed by atoms with Crippen LogP contribution in [0.1, 0.15) is 33.9 Å². The van der Waals surface area contributed by atoms with Crippen molar-refractivity contribution in [2.45, 2.75) is 12.5 Å². The van der Waals surface area contributed by atoms with Crippen LogP contribution >= 0.6 is 0 Å². The quantitative estimate of drug-likeness (QED) is 0.399. The maximum absolute atomic E-state index is 14.4. The summed E-state index contributed by atoms with van der Waals surface area (Å²) in [7, 11) is 4.69. The predicted molar refractivity (Wildman–Crippen MR) is 141 cm³/mol. The summed E-state index contributed by atoms with van der Waals surface area (Å²) in [5.74, 6) is -0.220. The summed E-state index contributed by atoms with van der Waals surface area (Å²) in [4.78, 5) is 28.1. The molecule has 0 aliphatic carbocycles. The van der Waals surface area contributed by atoms with E-state index in [-0.39, 0.29) is 25.3 Å². The van der Waals surface area contributed by atoms with Crippen LogP contribution in [0, 0.1) is 5.82 Å². The van der Waals surface area contributed by atoms with E-state index in [1.54, 1.807) is 20.3 Å². The van der Waals surface area contributed by atoms with Crippen LogP contribution in [0.5, 0.6) is 11.5 Å². The topological polar surface area (TPSA) is 80.7 Å². The molecule has 0 saturated heterocycles. The van der Waals surface area contributed by atoms with Crippen molar-refractivity contribution in [3.05, 3.63) is 95.3 Å². The first-order valence-electron chi connectivity index (χ1n) is 12.2. The molecule has 3 aromatic rings. The molecule has 4 rings (SSSR count). The molecule has 1 atom stereocenters. The van der Waals surface area contributed by atoms with Crippen LogP contribution in [0.4, 0.5) is 4.39 Å². The number of methoxy groups -OCH3 is 3. The fourth-order valence-electron chi connectivity index (χ4n) is 4.28. The Balaban J connectivity index is 1.64. The third-order valence-electron chi connectivity index (χ3n) is 6.37. The van der Waals surface area contributed by atoms with Crippen LogP contribution in [0.15, 0.2) is 77.9 Å². The average Bonchev–Trinajstić information content (AvgIpc) is 3.41. The standard InChI is InChI=1S/C29H30FN3O5/c1-36-17-16-32(29(35)24-6-4-5-7-25(24)30)19-28(34)33-27(21-10-14-23(38-3)15-11-21)18-26(31-33)20-8-12-22(37-2)13-9-20/h4-15,27H,16-19H2,1-3H3/t27-/m1/s1. The van der Waals surface area contributed by atoms with Crippen LogP contribution in [-0.2, 0) is 9.53 Å². The lowest BCUT2D eigenvalue weighted by Crippen LogP contribution is -2.43. The summed E-state index contributed by atoms with van der Waals surface area (Å²) in [6.45, 7) is 0.0177. The molecule has 9 heteroatoms. The van der Waals surface area contributed by atoms with Crippen LogP contribution in [0.2, 0.25) is 0 Å². The number of rotatable bonds is 10. The van der Waals surface area contributed by atoms with Gasteiger partial charge < -0.3 is 19.1 Å². The van der Waals surface area contributed by atoms with E-state index in [9.17, 15) is 14.0 Å². The van der Waals surface area contributed by atoms with Crippen LogP contribution < -0.4 is 9.47 Å². The van der Waals surface area contributed by atoms with E-state index in [4.69, 9.17) is 14.2 Å². The Hall–Kier alpha value is -4.24. The van der Waals surface area contributed by atoms with Gasteiger partial charge in [-0.15, -0.1) is 0 Å². The summed E-state index contributed by atoms with van der Waals surface area (Å²) in [5, 5.41) is 6.09. The minimum Gasteiger partial charge on any atom is -0.497 e. The molecule has 198 valence electrons. The molecule has 0 aromatic heterocycles. The summed E-state index contributed by atoms with van der Waals surface area (Å²) in [6.07, 6.45) is 0.476. The van der Waals surface area contributed by atoms with Gasteiger partial charge in [-0.25, -0.2) is 9.40 Å². The SMILES string of the molecule is COCCN(CC(=O)N1N=C(c2ccc(OC)cc2)C[C@@H]1c1ccc(OC)cc1)C(=O)c1ccccc1F. The fraction of sp³-hybridized carbons (Fsp3) is 0.276. The van der Waals surface area contributed by atoms with Gasteiger partial charge in [0.05, 0.1) is 38.1 Å². The number of nitrogens with zero attached hydrogens (tertiary/aromatic N) is 3. The molecule has 1 aliphatic heterocycles. The lowest BCUT2D eigenvalue weighted by atomic mass is 9.98. The molecule has 0 radical (unpaired) electrons. The van der Waals surface area contributed by atoms with Crippen molar-refractivity contribution in [3.63, 3.8) is 0 Å². The Kier molecular flexibility index (Phi) is 8.70. The van der Waals surface area contributed by atoms with Gasteiger partial charge in [0, 0.05) is 20.1 Å². The molecule has 0 spiro atoms. The molecule has 8 nitrogen and oxygen atoms in total. The first-order valence-corrected chi connectivity index (χ1v) is 12.2. The Morgan fingerprint density at radius 2 is 1.58 bits per heavy atom. The van der Waals surface area contributed by atoms with Crippen molar-refractivity contribution < 1.29 is 28.2 Å². The number of carbonyl (C=O) groups excluding carboxylic acids is 2. The lowest BCUT2D eigenvalue weighted by molar-refractivity contribution is -0.133. The Morgan fingerprint density at radius 3 is 2.18 bits per heavy atom. The zero-order valence-corrected chi connectivity index (χ0v) is 21.6. The van der Waals surface area contributed by atoms with Crippen molar-refractivity contribution in [1.82, 2.24) is 9.91 Å². The maximum Gasteiger partial charge on any atom is 0.262 e. The Morgan fingerprint density at radius 1 is 0.947 bits per heavy atom.